The number of halogens is 3. The fourth-order valence-electron chi connectivity index (χ4n) is 3.50. The van der Waals surface area contributed by atoms with Crippen LogP contribution in [0.5, 0.6) is 0 Å². The SMILES string of the molecule is O=C(O)C1CC(=O)N(C2CCN(C(=O)c3ccc(C(F)(F)F)nc3)CC2)C1. The first-order valence-corrected chi connectivity index (χ1v) is 8.51. The molecule has 0 spiro atoms. The number of pyridine rings is 1. The van der Waals surface area contributed by atoms with E-state index in [-0.39, 0.29) is 30.5 Å². The van der Waals surface area contributed by atoms with Gasteiger partial charge in [0.25, 0.3) is 5.91 Å². The van der Waals surface area contributed by atoms with Crippen LogP contribution in [0.25, 0.3) is 0 Å². The molecule has 1 unspecified atom stereocenters. The van der Waals surface area contributed by atoms with Crippen molar-refractivity contribution < 1.29 is 32.7 Å². The Morgan fingerprint density at radius 3 is 2.33 bits per heavy atom. The van der Waals surface area contributed by atoms with Crippen molar-refractivity contribution in [2.45, 2.75) is 31.5 Å². The van der Waals surface area contributed by atoms with Crippen LogP contribution in [0.1, 0.15) is 35.3 Å². The molecule has 10 heteroatoms. The van der Waals surface area contributed by atoms with Gasteiger partial charge in [0.2, 0.25) is 5.91 Å². The van der Waals surface area contributed by atoms with Gasteiger partial charge in [0.05, 0.1) is 11.5 Å². The van der Waals surface area contributed by atoms with Crippen molar-refractivity contribution in [2.24, 2.45) is 5.92 Å². The number of carboxylic acids is 1. The van der Waals surface area contributed by atoms with Crippen LogP contribution in [0.15, 0.2) is 18.3 Å². The monoisotopic (exact) mass is 385 g/mol. The van der Waals surface area contributed by atoms with E-state index in [1.54, 1.807) is 4.90 Å². The molecule has 1 aromatic heterocycles. The van der Waals surface area contributed by atoms with Crippen molar-refractivity contribution in [1.82, 2.24) is 14.8 Å². The number of carbonyl (C=O) groups is 3. The number of carbonyl (C=O) groups excluding carboxylic acids is 2. The number of piperidine rings is 1. The van der Waals surface area contributed by atoms with Crippen molar-refractivity contribution >= 4 is 17.8 Å². The summed E-state index contributed by atoms with van der Waals surface area (Å²) in [4.78, 5) is 41.9. The molecule has 146 valence electrons. The number of aliphatic carboxylic acids is 1. The highest BCUT2D eigenvalue weighted by Gasteiger charge is 2.39. The third-order valence-corrected chi connectivity index (χ3v) is 5.00. The topological polar surface area (TPSA) is 90.8 Å². The molecular weight excluding hydrogens is 367 g/mol. The van der Waals surface area contributed by atoms with Crippen molar-refractivity contribution in [3.63, 3.8) is 0 Å². The first-order valence-electron chi connectivity index (χ1n) is 8.51. The second-order valence-corrected chi connectivity index (χ2v) is 6.74. The lowest BCUT2D eigenvalue weighted by molar-refractivity contribution is -0.142. The number of alkyl halides is 3. The van der Waals surface area contributed by atoms with Gasteiger partial charge < -0.3 is 14.9 Å². The molecule has 2 fully saturated rings. The number of likely N-dealkylation sites (tertiary alicyclic amines) is 2. The van der Waals surface area contributed by atoms with Crippen molar-refractivity contribution in [3.05, 3.63) is 29.6 Å². The normalized spacial score (nSPS) is 21.6. The fourth-order valence-corrected chi connectivity index (χ4v) is 3.50. The van der Waals surface area contributed by atoms with E-state index in [0.29, 0.717) is 25.9 Å². The number of aromatic nitrogens is 1. The Labute approximate surface area is 152 Å². The number of amides is 2. The quantitative estimate of drug-likeness (QED) is 0.854. The molecule has 3 rings (SSSR count). The second-order valence-electron chi connectivity index (χ2n) is 6.74. The molecule has 1 atom stereocenters. The van der Waals surface area contributed by atoms with Crippen LogP contribution in [-0.4, -0.2) is 63.4 Å². The molecule has 2 aliphatic heterocycles. The Morgan fingerprint density at radius 2 is 1.85 bits per heavy atom. The predicted molar refractivity (Wildman–Crippen MR) is 85.6 cm³/mol. The Balaban J connectivity index is 1.58. The van der Waals surface area contributed by atoms with E-state index < -0.39 is 29.7 Å². The zero-order chi connectivity index (χ0) is 19.8. The molecule has 0 radical (unpaired) electrons. The van der Waals surface area contributed by atoms with Gasteiger partial charge in [-0.2, -0.15) is 13.2 Å². The van der Waals surface area contributed by atoms with Crippen LogP contribution >= 0.6 is 0 Å². The number of rotatable bonds is 3. The summed E-state index contributed by atoms with van der Waals surface area (Å²) in [7, 11) is 0. The fraction of sp³-hybridized carbons (Fsp3) is 0.529. The van der Waals surface area contributed by atoms with E-state index >= 15 is 0 Å². The molecule has 2 aliphatic rings. The largest absolute Gasteiger partial charge is 0.481 e. The second kappa shape index (κ2) is 7.16. The third kappa shape index (κ3) is 4.04. The van der Waals surface area contributed by atoms with Gasteiger partial charge in [-0.05, 0) is 25.0 Å². The van der Waals surface area contributed by atoms with Gasteiger partial charge >= 0.3 is 12.1 Å². The third-order valence-electron chi connectivity index (χ3n) is 5.00. The number of carboxylic acid groups (broad SMARTS) is 1. The lowest BCUT2D eigenvalue weighted by Crippen LogP contribution is -2.47. The Kier molecular flexibility index (Phi) is 5.07. The predicted octanol–water partition coefficient (Wildman–Crippen LogP) is 1.64. The van der Waals surface area contributed by atoms with E-state index in [4.69, 9.17) is 5.11 Å². The van der Waals surface area contributed by atoms with E-state index in [1.807, 2.05) is 0 Å². The number of hydrogen-bond donors (Lipinski definition) is 1. The minimum absolute atomic E-state index is 0.00823. The van der Waals surface area contributed by atoms with E-state index in [0.717, 1.165) is 18.3 Å². The lowest BCUT2D eigenvalue weighted by Gasteiger charge is -2.36. The molecule has 2 amide bonds. The van der Waals surface area contributed by atoms with Crippen molar-refractivity contribution in [1.29, 1.82) is 0 Å². The zero-order valence-corrected chi connectivity index (χ0v) is 14.3. The maximum atomic E-state index is 12.5. The first-order chi connectivity index (χ1) is 12.7. The molecule has 0 bridgehead atoms. The molecule has 0 saturated carbocycles. The average Bonchev–Trinajstić information content (AvgIpc) is 3.03. The van der Waals surface area contributed by atoms with E-state index in [9.17, 15) is 27.6 Å². The van der Waals surface area contributed by atoms with Crippen molar-refractivity contribution in [2.75, 3.05) is 19.6 Å². The summed E-state index contributed by atoms with van der Waals surface area (Å²) < 4.78 is 37.6. The Morgan fingerprint density at radius 1 is 1.19 bits per heavy atom. The van der Waals surface area contributed by atoms with Gasteiger partial charge in [0.15, 0.2) is 0 Å². The Bertz CT molecular complexity index is 743. The molecule has 7 nitrogen and oxygen atoms in total. The standard InChI is InChI=1S/C17H18F3N3O4/c18-17(19,20)13-2-1-10(8-21-13)15(25)22-5-3-12(4-6-22)23-9-11(16(26)27)7-14(23)24/h1-2,8,11-12H,3-7,9H2,(H,26,27). The maximum absolute atomic E-state index is 12.5. The van der Waals surface area contributed by atoms with E-state index in [1.165, 1.54) is 4.90 Å². The van der Waals surface area contributed by atoms with Gasteiger partial charge in [-0.1, -0.05) is 0 Å². The van der Waals surface area contributed by atoms with Gasteiger partial charge in [0, 0.05) is 38.3 Å². The van der Waals surface area contributed by atoms with Crippen LogP contribution < -0.4 is 0 Å². The molecule has 1 aromatic rings. The number of nitrogens with zero attached hydrogens (tertiary/aromatic N) is 3. The molecule has 27 heavy (non-hydrogen) atoms. The summed E-state index contributed by atoms with van der Waals surface area (Å²) in [6, 6.07) is 1.75. The number of hydrogen-bond acceptors (Lipinski definition) is 4. The smallest absolute Gasteiger partial charge is 0.433 e. The summed E-state index contributed by atoms with van der Waals surface area (Å²) >= 11 is 0. The highest BCUT2D eigenvalue weighted by Crippen LogP contribution is 2.28. The van der Waals surface area contributed by atoms with Crippen LogP contribution in [0, 0.1) is 5.92 Å². The average molecular weight is 385 g/mol. The summed E-state index contributed by atoms with van der Waals surface area (Å²) in [5.74, 6) is -2.30. The lowest BCUT2D eigenvalue weighted by atomic mass is 10.0. The minimum atomic E-state index is -4.56. The van der Waals surface area contributed by atoms with Crippen LogP contribution in [0.2, 0.25) is 0 Å². The molecular formula is C17H18F3N3O4. The highest BCUT2D eigenvalue weighted by atomic mass is 19.4. The minimum Gasteiger partial charge on any atom is -0.481 e. The summed E-state index contributed by atoms with van der Waals surface area (Å²) in [5.41, 5.74) is -0.983. The maximum Gasteiger partial charge on any atom is 0.433 e. The van der Waals surface area contributed by atoms with Gasteiger partial charge in [-0.3, -0.25) is 19.4 Å². The molecule has 0 aromatic carbocycles. The van der Waals surface area contributed by atoms with Crippen LogP contribution in [0.3, 0.4) is 0 Å². The van der Waals surface area contributed by atoms with E-state index in [2.05, 4.69) is 4.98 Å². The van der Waals surface area contributed by atoms with Gasteiger partial charge in [0.1, 0.15) is 5.69 Å². The first kappa shape index (κ1) is 19.1. The van der Waals surface area contributed by atoms with Crippen LogP contribution in [-0.2, 0) is 15.8 Å². The molecule has 3 heterocycles. The zero-order valence-electron chi connectivity index (χ0n) is 14.3. The van der Waals surface area contributed by atoms with Crippen molar-refractivity contribution in [3.8, 4) is 0 Å². The highest BCUT2D eigenvalue weighted by molar-refractivity contribution is 5.94. The van der Waals surface area contributed by atoms with Gasteiger partial charge in [-0.15, -0.1) is 0 Å². The summed E-state index contributed by atoms with van der Waals surface area (Å²) in [6.45, 7) is 0.855. The molecule has 1 N–H and O–H groups in total. The summed E-state index contributed by atoms with van der Waals surface area (Å²) in [6.07, 6.45) is -2.66. The Hall–Kier alpha value is -2.65. The molecule has 0 aliphatic carbocycles. The summed E-state index contributed by atoms with van der Waals surface area (Å²) in [5, 5.41) is 9.05. The van der Waals surface area contributed by atoms with Gasteiger partial charge in [-0.25, -0.2) is 0 Å². The van der Waals surface area contributed by atoms with Crippen LogP contribution in [0.4, 0.5) is 13.2 Å². The molecule has 2 saturated heterocycles.